The lowest BCUT2D eigenvalue weighted by atomic mass is 10.1. The lowest BCUT2D eigenvalue weighted by Gasteiger charge is -2.18. The molecule has 1 aromatic carbocycles. The second-order valence-corrected chi connectivity index (χ2v) is 4.65. The van der Waals surface area contributed by atoms with Crippen LogP contribution in [-0.4, -0.2) is 44.6 Å². The van der Waals surface area contributed by atoms with Crippen molar-refractivity contribution in [2.45, 2.75) is 6.42 Å². The number of carbonyl (C=O) groups excluding carboxylic acids is 2. The fourth-order valence-corrected chi connectivity index (χ4v) is 2.14. The average molecular weight is 315 g/mol. The van der Waals surface area contributed by atoms with Crippen LogP contribution in [0, 0.1) is 11.8 Å². The van der Waals surface area contributed by atoms with Gasteiger partial charge in [0, 0.05) is 18.0 Å². The van der Waals surface area contributed by atoms with Crippen LogP contribution in [-0.2, 0) is 9.59 Å². The molecule has 0 aliphatic carbocycles. The Labute approximate surface area is 134 Å². The van der Waals surface area contributed by atoms with Gasteiger partial charge < -0.3 is 14.2 Å². The van der Waals surface area contributed by atoms with Crippen molar-refractivity contribution < 1.29 is 23.8 Å². The molecule has 1 aliphatic heterocycles. The van der Waals surface area contributed by atoms with Gasteiger partial charge >= 0.3 is 5.91 Å². The van der Waals surface area contributed by atoms with E-state index < -0.39 is 5.91 Å². The minimum absolute atomic E-state index is 0.345. The van der Waals surface area contributed by atoms with Crippen LogP contribution >= 0.6 is 0 Å². The molecule has 0 aromatic heterocycles. The van der Waals surface area contributed by atoms with Gasteiger partial charge in [-0.1, -0.05) is 12.0 Å². The summed E-state index contributed by atoms with van der Waals surface area (Å²) in [4.78, 5) is 24.8. The lowest BCUT2D eigenvalue weighted by Crippen LogP contribution is -2.37. The summed E-state index contributed by atoms with van der Waals surface area (Å²) in [6.07, 6.45) is 3.75. The molecule has 6 nitrogen and oxygen atoms in total. The molecular formula is C17H17NO5. The molecule has 0 saturated heterocycles. The van der Waals surface area contributed by atoms with Gasteiger partial charge in [0.15, 0.2) is 11.5 Å². The molecule has 1 aliphatic rings. The first-order valence-electron chi connectivity index (χ1n) is 6.94. The number of imide groups is 1. The summed E-state index contributed by atoms with van der Waals surface area (Å²) < 4.78 is 15.7. The first-order chi connectivity index (χ1) is 11.1. The lowest BCUT2D eigenvalue weighted by molar-refractivity contribution is -0.138. The van der Waals surface area contributed by atoms with Crippen molar-refractivity contribution in [3.05, 3.63) is 29.8 Å². The molecule has 0 radical (unpaired) electrons. The Balaban J connectivity index is 2.28. The molecule has 6 heteroatoms. The second-order valence-electron chi connectivity index (χ2n) is 4.65. The van der Waals surface area contributed by atoms with E-state index in [-0.39, 0.29) is 5.91 Å². The first-order valence-corrected chi connectivity index (χ1v) is 6.94. The van der Waals surface area contributed by atoms with Crippen LogP contribution < -0.4 is 14.2 Å². The Bertz CT molecular complexity index is 686. The third-order valence-corrected chi connectivity index (χ3v) is 3.27. The molecule has 0 N–H and O–H groups in total. The van der Waals surface area contributed by atoms with Gasteiger partial charge in [0.05, 0.1) is 21.3 Å². The predicted octanol–water partition coefficient (Wildman–Crippen LogP) is 1.38. The number of nitrogens with zero attached hydrogens (tertiary/aromatic N) is 1. The number of ether oxygens (including phenoxy) is 3. The molecule has 0 fully saturated rings. The molecule has 0 bridgehead atoms. The van der Waals surface area contributed by atoms with Crippen LogP contribution in [0.2, 0.25) is 0 Å². The maximum atomic E-state index is 12.0. The van der Waals surface area contributed by atoms with Crippen molar-refractivity contribution >= 4 is 11.8 Å². The maximum absolute atomic E-state index is 12.0. The average Bonchev–Trinajstić information content (AvgIpc) is 2.58. The third-order valence-electron chi connectivity index (χ3n) is 3.27. The number of amides is 2. The zero-order valence-electron chi connectivity index (χ0n) is 13.2. The van der Waals surface area contributed by atoms with Gasteiger partial charge in [0.2, 0.25) is 5.75 Å². The molecule has 0 spiro atoms. The highest BCUT2D eigenvalue weighted by Gasteiger charge is 2.19. The van der Waals surface area contributed by atoms with E-state index in [4.69, 9.17) is 14.2 Å². The van der Waals surface area contributed by atoms with E-state index >= 15 is 0 Å². The molecule has 120 valence electrons. The Morgan fingerprint density at radius 2 is 1.78 bits per heavy atom. The van der Waals surface area contributed by atoms with Crippen LogP contribution in [0.25, 0.3) is 0 Å². The van der Waals surface area contributed by atoms with Crippen molar-refractivity contribution in [3.8, 4) is 29.1 Å². The van der Waals surface area contributed by atoms with E-state index in [2.05, 4.69) is 11.8 Å². The summed E-state index contributed by atoms with van der Waals surface area (Å²) in [5, 5.41) is 0. The molecule has 0 saturated carbocycles. The summed E-state index contributed by atoms with van der Waals surface area (Å²) in [5.74, 6) is 5.66. The van der Waals surface area contributed by atoms with Crippen molar-refractivity contribution in [1.29, 1.82) is 0 Å². The van der Waals surface area contributed by atoms with E-state index in [1.165, 1.54) is 27.4 Å². The highest BCUT2D eigenvalue weighted by molar-refractivity contribution is 6.08. The normalized spacial score (nSPS) is 13.2. The third kappa shape index (κ3) is 3.64. The van der Waals surface area contributed by atoms with Crippen LogP contribution in [0.3, 0.4) is 0 Å². The summed E-state index contributed by atoms with van der Waals surface area (Å²) in [6, 6.07) is 3.28. The van der Waals surface area contributed by atoms with E-state index in [1.54, 1.807) is 18.2 Å². The predicted molar refractivity (Wildman–Crippen MR) is 83.5 cm³/mol. The van der Waals surface area contributed by atoms with Crippen molar-refractivity contribution in [1.82, 2.24) is 4.90 Å². The maximum Gasteiger partial charge on any atom is 0.305 e. The zero-order chi connectivity index (χ0) is 16.8. The van der Waals surface area contributed by atoms with Crippen LogP contribution in [0.5, 0.6) is 17.2 Å². The summed E-state index contributed by atoms with van der Waals surface area (Å²) in [5.41, 5.74) is 0.521. The van der Waals surface area contributed by atoms with Crippen LogP contribution in [0.15, 0.2) is 24.3 Å². The summed E-state index contributed by atoms with van der Waals surface area (Å²) in [7, 11) is 4.50. The summed E-state index contributed by atoms with van der Waals surface area (Å²) >= 11 is 0. The molecule has 1 heterocycles. The van der Waals surface area contributed by atoms with E-state index in [0.29, 0.717) is 35.8 Å². The van der Waals surface area contributed by atoms with Crippen LogP contribution in [0.1, 0.15) is 12.0 Å². The Kier molecular flexibility index (Phi) is 5.26. The molecule has 0 atom stereocenters. The molecule has 1 aromatic rings. The van der Waals surface area contributed by atoms with Gasteiger partial charge in [-0.15, -0.1) is 0 Å². The smallest absolute Gasteiger partial charge is 0.305 e. The van der Waals surface area contributed by atoms with Crippen molar-refractivity contribution in [2.24, 2.45) is 0 Å². The molecule has 23 heavy (non-hydrogen) atoms. The van der Waals surface area contributed by atoms with Gasteiger partial charge in [-0.25, -0.2) is 0 Å². The minimum Gasteiger partial charge on any atom is -0.493 e. The van der Waals surface area contributed by atoms with Gasteiger partial charge in [0.25, 0.3) is 5.91 Å². The Hall–Kier alpha value is -2.94. The van der Waals surface area contributed by atoms with Crippen molar-refractivity contribution in [3.63, 3.8) is 0 Å². The Morgan fingerprint density at radius 1 is 1.13 bits per heavy atom. The van der Waals surface area contributed by atoms with Crippen molar-refractivity contribution in [2.75, 3.05) is 27.9 Å². The van der Waals surface area contributed by atoms with Gasteiger partial charge in [-0.3, -0.25) is 14.5 Å². The Morgan fingerprint density at radius 3 is 2.30 bits per heavy atom. The first kappa shape index (κ1) is 16.4. The fraction of sp³-hybridized carbons (Fsp3) is 0.294. The van der Waals surface area contributed by atoms with Crippen LogP contribution in [0.4, 0.5) is 0 Å². The van der Waals surface area contributed by atoms with E-state index in [9.17, 15) is 9.59 Å². The summed E-state index contributed by atoms with van der Waals surface area (Å²) in [6.45, 7) is 0.345. The largest absolute Gasteiger partial charge is 0.493 e. The fourth-order valence-electron chi connectivity index (χ4n) is 2.14. The number of hydrogen-bond acceptors (Lipinski definition) is 5. The van der Waals surface area contributed by atoms with Gasteiger partial charge in [-0.05, 0) is 24.6 Å². The number of benzene rings is 1. The second kappa shape index (κ2) is 7.36. The SMILES string of the molecule is COc1cc(C#CC(=O)N2CCC=CC2=O)cc(OC)c1OC. The number of carbonyl (C=O) groups is 2. The van der Waals surface area contributed by atoms with Gasteiger partial charge in [0.1, 0.15) is 0 Å². The molecule has 2 amide bonds. The number of methoxy groups -OCH3 is 3. The highest BCUT2D eigenvalue weighted by Crippen LogP contribution is 2.37. The monoisotopic (exact) mass is 315 g/mol. The quantitative estimate of drug-likeness (QED) is 0.789. The van der Waals surface area contributed by atoms with Gasteiger partial charge in [-0.2, -0.15) is 0 Å². The van der Waals surface area contributed by atoms with E-state index in [0.717, 1.165) is 4.90 Å². The standard InChI is InChI=1S/C17H17NO5/c1-21-13-10-12(11-14(22-2)17(13)23-3)7-8-16(20)18-9-5-4-6-15(18)19/h4,6,10-11H,5,9H2,1-3H3. The zero-order valence-corrected chi connectivity index (χ0v) is 13.2. The molecular weight excluding hydrogens is 298 g/mol. The number of rotatable bonds is 3. The minimum atomic E-state index is -0.534. The highest BCUT2D eigenvalue weighted by atomic mass is 16.5. The number of hydrogen-bond donors (Lipinski definition) is 0. The van der Waals surface area contributed by atoms with E-state index in [1.807, 2.05) is 0 Å². The molecule has 0 unspecified atom stereocenters. The topological polar surface area (TPSA) is 65.1 Å². The molecule has 2 rings (SSSR count).